The van der Waals surface area contributed by atoms with Gasteiger partial charge < -0.3 is 9.21 Å². The zero-order valence-corrected chi connectivity index (χ0v) is 30.6. The monoisotopic (exact) mass is 718 g/mol. The zero-order valence-electron chi connectivity index (χ0n) is 27.2. The Morgan fingerprint density at radius 1 is 1.00 bits per heavy atom. The molecule has 248 valence electrons. The van der Waals surface area contributed by atoms with Crippen LogP contribution in [0.4, 0.5) is 0 Å². The van der Waals surface area contributed by atoms with Crippen molar-refractivity contribution in [1.29, 1.82) is 0 Å². The molecule has 0 atom stereocenters. The summed E-state index contributed by atoms with van der Waals surface area (Å²) in [5, 5.41) is 0.911. The molecule has 0 fully saturated rings. The molecule has 0 spiro atoms. The number of halogens is 1. The average molecular weight is 719 g/mol. The second kappa shape index (κ2) is 12.8. The summed E-state index contributed by atoms with van der Waals surface area (Å²) >= 11 is 8.90. The van der Waals surface area contributed by atoms with Gasteiger partial charge in [0.15, 0.2) is 5.78 Å². The summed E-state index contributed by atoms with van der Waals surface area (Å²) in [5.41, 5.74) is 0.137. The molecule has 48 heavy (non-hydrogen) atoms. The molecular formula is C35H35ClN4O5S2Si. The molecule has 0 saturated heterocycles. The Hall–Kier alpha value is -3.94. The molecule has 0 unspecified atom stereocenters. The molecule has 0 aliphatic carbocycles. The third kappa shape index (κ3) is 5.65. The minimum atomic E-state index is -3.56. The van der Waals surface area contributed by atoms with Gasteiger partial charge in [0.05, 0.1) is 27.7 Å². The molecule has 0 aliphatic heterocycles. The van der Waals surface area contributed by atoms with Gasteiger partial charge in [-0.05, 0) is 41.7 Å². The van der Waals surface area contributed by atoms with Crippen molar-refractivity contribution in [1.82, 2.24) is 19.1 Å². The third-order valence-corrected chi connectivity index (χ3v) is 16.1. The van der Waals surface area contributed by atoms with Crippen molar-refractivity contribution in [2.75, 3.05) is 0 Å². The minimum absolute atomic E-state index is 0.0882. The van der Waals surface area contributed by atoms with Crippen molar-refractivity contribution < 1.29 is 14.0 Å². The van der Waals surface area contributed by atoms with Crippen molar-refractivity contribution in [3.05, 3.63) is 115 Å². The molecule has 6 aromatic rings. The molecule has 1 N–H and O–H groups in total. The molecule has 0 amide bonds. The summed E-state index contributed by atoms with van der Waals surface area (Å²) in [7, 11) is -3.56. The van der Waals surface area contributed by atoms with Crippen molar-refractivity contribution in [2.45, 2.75) is 64.6 Å². The number of thiophene rings is 1. The number of rotatable bonds is 11. The van der Waals surface area contributed by atoms with E-state index in [1.807, 2.05) is 74.5 Å². The maximum absolute atomic E-state index is 14.6. The van der Waals surface area contributed by atoms with E-state index in [1.54, 1.807) is 26.3 Å². The summed E-state index contributed by atoms with van der Waals surface area (Å²) in [4.78, 5) is 65.9. The van der Waals surface area contributed by atoms with Gasteiger partial charge >= 0.3 is 5.69 Å². The normalized spacial score (nSPS) is 12.6. The summed E-state index contributed by atoms with van der Waals surface area (Å²) in [6, 6.07) is 18.9. The Morgan fingerprint density at radius 3 is 2.17 bits per heavy atom. The number of thiazole rings is 1. The largest absolute Gasteiger partial charge is 0.444 e. The van der Waals surface area contributed by atoms with Crippen LogP contribution < -0.4 is 21.6 Å². The van der Waals surface area contributed by atoms with Gasteiger partial charge in [-0.25, -0.2) is 19.3 Å². The van der Waals surface area contributed by atoms with Crippen LogP contribution in [0.15, 0.2) is 92.6 Å². The van der Waals surface area contributed by atoms with Gasteiger partial charge in [0.2, 0.25) is 5.89 Å². The van der Waals surface area contributed by atoms with Crippen LogP contribution in [0.3, 0.4) is 0 Å². The number of ketones is 1. The number of benzene rings is 2. The molecule has 6 rings (SSSR count). The average Bonchev–Trinajstić information content (AvgIpc) is 3.82. The van der Waals surface area contributed by atoms with Crippen LogP contribution in [0.2, 0.25) is 9.37 Å². The number of fused-ring (bicyclic) bond motifs is 1. The van der Waals surface area contributed by atoms with Gasteiger partial charge in [-0.1, -0.05) is 86.1 Å². The van der Waals surface area contributed by atoms with E-state index >= 15 is 0 Å². The Bertz CT molecular complexity index is 2180. The van der Waals surface area contributed by atoms with Crippen LogP contribution in [0.25, 0.3) is 21.0 Å². The molecule has 13 heteroatoms. The number of hydrogen-bond donors (Lipinski definition) is 1. The SMILES string of the molecule is Cc1c(-c2ncco2)sc2c1c(=O)n(C(C)(C)C(=O)CC(C)(C)[Si](O)(c1ccccc1)c1ccccc1)c(=O)n2CCc1ncsc1Cl. The highest BCUT2D eigenvalue weighted by Crippen LogP contribution is 2.41. The number of carbonyl (C=O) groups is 1. The summed E-state index contributed by atoms with van der Waals surface area (Å²) in [6.45, 7) is 8.95. The number of Topliss-reactive ketones (excluding diaryl/α,β-unsaturated/α-hetero) is 1. The first-order valence-electron chi connectivity index (χ1n) is 15.4. The molecule has 0 radical (unpaired) electrons. The predicted octanol–water partition coefficient (Wildman–Crippen LogP) is 5.77. The lowest BCUT2D eigenvalue weighted by molar-refractivity contribution is -0.127. The standard InChI is InChI=1S/C35H35ClN4O5S2Si/c1-22-27-31(42)40(33(43)39(18-16-25-29(36)46-21-38-25)32(27)47-28(22)30-37-17-19-45-30)35(4,5)26(41)20-34(2,3)48(44,23-12-8-6-9-13-23)24-14-10-7-11-15-24/h6-15,17,19,21,44H,16,18,20H2,1-5H3. The van der Waals surface area contributed by atoms with Gasteiger partial charge in [0.25, 0.3) is 13.9 Å². The minimum Gasteiger partial charge on any atom is -0.444 e. The fourth-order valence-corrected chi connectivity index (χ4v) is 12.1. The number of carbonyl (C=O) groups excluding carboxylic acids is 1. The van der Waals surface area contributed by atoms with E-state index in [0.29, 0.717) is 43.0 Å². The molecule has 0 saturated carbocycles. The van der Waals surface area contributed by atoms with Crippen LogP contribution in [-0.4, -0.2) is 38.0 Å². The maximum atomic E-state index is 14.6. The second-order valence-electron chi connectivity index (χ2n) is 13.0. The summed E-state index contributed by atoms with van der Waals surface area (Å²) in [5.74, 6) is -0.0110. The van der Waals surface area contributed by atoms with E-state index in [2.05, 4.69) is 9.97 Å². The first-order chi connectivity index (χ1) is 22.8. The zero-order chi connectivity index (χ0) is 34.4. The van der Waals surface area contributed by atoms with Gasteiger partial charge in [-0.15, -0.1) is 22.7 Å². The van der Waals surface area contributed by atoms with Crippen LogP contribution >= 0.6 is 34.3 Å². The Morgan fingerprint density at radius 2 is 1.62 bits per heavy atom. The third-order valence-electron chi connectivity index (χ3n) is 9.21. The Kier molecular flexibility index (Phi) is 9.07. The molecule has 0 aliphatic rings. The Labute approximate surface area is 291 Å². The fraction of sp³-hybridized carbons (Fsp3) is 0.286. The number of aryl methyl sites for hydroxylation is 3. The molecular weight excluding hydrogens is 684 g/mol. The predicted molar refractivity (Wildman–Crippen MR) is 195 cm³/mol. The van der Waals surface area contributed by atoms with Crippen molar-refractivity contribution in [2.24, 2.45) is 0 Å². The van der Waals surface area contributed by atoms with E-state index in [9.17, 15) is 19.2 Å². The van der Waals surface area contributed by atoms with E-state index in [0.717, 1.165) is 14.9 Å². The summed E-state index contributed by atoms with van der Waals surface area (Å²) < 4.78 is 8.70. The second-order valence-corrected chi connectivity index (χ2v) is 19.3. The van der Waals surface area contributed by atoms with Crippen molar-refractivity contribution in [3.8, 4) is 10.8 Å². The van der Waals surface area contributed by atoms with Crippen LogP contribution in [0, 0.1) is 6.92 Å². The van der Waals surface area contributed by atoms with E-state index in [4.69, 9.17) is 16.0 Å². The van der Waals surface area contributed by atoms with Crippen molar-refractivity contribution >= 4 is 69.0 Å². The lowest BCUT2D eigenvalue weighted by Crippen LogP contribution is -2.66. The molecule has 4 aromatic heterocycles. The quantitative estimate of drug-likeness (QED) is 0.169. The molecule has 4 heterocycles. The van der Waals surface area contributed by atoms with Crippen LogP contribution in [0.5, 0.6) is 0 Å². The maximum Gasteiger partial charge on any atom is 0.332 e. The van der Waals surface area contributed by atoms with Gasteiger partial charge in [0, 0.05) is 19.4 Å². The smallest absolute Gasteiger partial charge is 0.332 e. The van der Waals surface area contributed by atoms with Crippen molar-refractivity contribution in [3.63, 3.8) is 0 Å². The molecule has 2 aromatic carbocycles. The van der Waals surface area contributed by atoms with Gasteiger partial charge in [-0.2, -0.15) is 0 Å². The van der Waals surface area contributed by atoms with E-state index in [-0.39, 0.29) is 18.7 Å². The van der Waals surface area contributed by atoms with Crippen LogP contribution in [0.1, 0.15) is 45.4 Å². The first-order valence-corrected chi connectivity index (χ1v) is 19.4. The number of oxazole rings is 1. The highest BCUT2D eigenvalue weighted by molar-refractivity contribution is 7.22. The number of hydrogen-bond acceptors (Lipinski definition) is 9. The Balaban J connectivity index is 1.48. The number of aromatic nitrogens is 4. The summed E-state index contributed by atoms with van der Waals surface area (Å²) in [6.07, 6.45) is 3.23. The number of nitrogens with zero attached hydrogens (tertiary/aromatic N) is 4. The highest BCUT2D eigenvalue weighted by atomic mass is 35.5. The lowest BCUT2D eigenvalue weighted by atomic mass is 9.91. The molecule has 0 bridgehead atoms. The van der Waals surface area contributed by atoms with E-state index < -0.39 is 30.1 Å². The van der Waals surface area contributed by atoms with Gasteiger partial charge in [-0.3, -0.25) is 14.2 Å². The van der Waals surface area contributed by atoms with Crippen LogP contribution in [-0.2, 0) is 23.3 Å². The van der Waals surface area contributed by atoms with E-state index in [1.165, 1.54) is 39.7 Å². The lowest BCUT2D eigenvalue weighted by Gasteiger charge is -2.42. The first kappa shape index (κ1) is 33.9. The van der Waals surface area contributed by atoms with Gasteiger partial charge in [0.1, 0.15) is 21.0 Å². The molecule has 9 nitrogen and oxygen atoms in total. The topological polar surface area (TPSA) is 120 Å². The fourth-order valence-electron chi connectivity index (χ4n) is 6.39. The highest BCUT2D eigenvalue weighted by Gasteiger charge is 2.52.